The van der Waals surface area contributed by atoms with Crippen LogP contribution in [0.25, 0.3) is 0 Å². The van der Waals surface area contributed by atoms with E-state index in [1.165, 1.54) is 0 Å². The molecule has 5 nitrogen and oxygen atoms in total. The number of hydroxylamine groups is 3. The molecule has 1 aliphatic carbocycles. The summed E-state index contributed by atoms with van der Waals surface area (Å²) in [5, 5.41) is 13.5. The summed E-state index contributed by atoms with van der Waals surface area (Å²) in [6.07, 6.45) is 14.6. The average molecular weight is 306 g/mol. The van der Waals surface area contributed by atoms with Crippen molar-refractivity contribution in [2.75, 3.05) is 13.2 Å². The molecule has 0 aromatic heterocycles. The van der Waals surface area contributed by atoms with Gasteiger partial charge in [-0.1, -0.05) is 6.08 Å². The second kappa shape index (κ2) is 4.07. The second-order valence-corrected chi connectivity index (χ2v) is 6.46. The number of hydrogen-bond acceptors (Lipinski definition) is 4. The lowest BCUT2D eigenvalue weighted by Gasteiger charge is -2.41. The van der Waals surface area contributed by atoms with Gasteiger partial charge >= 0.3 is 0 Å². The van der Waals surface area contributed by atoms with Crippen LogP contribution in [0.2, 0.25) is 0 Å². The monoisotopic (exact) mass is 306 g/mol. The Morgan fingerprint density at radius 2 is 2.22 bits per heavy atom. The number of fused-ring (bicyclic) bond motifs is 2. The van der Waals surface area contributed by atoms with Crippen LogP contribution in [-0.2, 0) is 9.53 Å². The molecule has 0 N–H and O–H groups in total. The summed E-state index contributed by atoms with van der Waals surface area (Å²) in [7, 11) is 0. The molecular weight excluding hydrogens is 292 g/mol. The highest BCUT2D eigenvalue weighted by Gasteiger charge is 2.54. The molecule has 1 spiro atoms. The maximum Gasteiger partial charge on any atom is 0.161 e. The summed E-state index contributed by atoms with van der Waals surface area (Å²) < 4.78 is 4.80. The highest BCUT2D eigenvalue weighted by molar-refractivity contribution is 6.14. The normalized spacial score (nSPS) is 36.4. The first-order chi connectivity index (χ1) is 11.1. The van der Waals surface area contributed by atoms with Crippen LogP contribution >= 0.6 is 0 Å². The Balaban J connectivity index is 1.76. The molecule has 0 bridgehead atoms. The van der Waals surface area contributed by atoms with Gasteiger partial charge in [-0.25, -0.2) is 0 Å². The topological polar surface area (TPSA) is 61.7 Å². The molecule has 2 atom stereocenters. The molecule has 0 aromatic carbocycles. The van der Waals surface area contributed by atoms with Gasteiger partial charge in [0.25, 0.3) is 0 Å². The molecule has 4 heterocycles. The van der Waals surface area contributed by atoms with Crippen molar-refractivity contribution in [3.05, 3.63) is 76.7 Å². The Hall–Kier alpha value is -2.50. The maximum absolute atomic E-state index is 13.5. The van der Waals surface area contributed by atoms with E-state index in [1.54, 1.807) is 24.7 Å². The number of ether oxygens (including phenoxy) is 1. The minimum atomic E-state index is -0.550. The SMILES string of the molecule is O=C1C=CC23C[N+]4([O-])C=C5COC=CC5=CC4=C2C=CN=C3C1. The largest absolute Gasteiger partial charge is 0.622 e. The predicted octanol–water partition coefficient (Wildman–Crippen LogP) is 2.42. The van der Waals surface area contributed by atoms with Crippen LogP contribution in [0.5, 0.6) is 0 Å². The lowest BCUT2D eigenvalue weighted by atomic mass is 9.71. The number of quaternary nitrogens is 1. The molecule has 114 valence electrons. The first-order valence-corrected chi connectivity index (χ1v) is 7.63. The lowest BCUT2D eigenvalue weighted by molar-refractivity contribution is -0.783. The Kier molecular flexibility index (Phi) is 2.30. The summed E-state index contributed by atoms with van der Waals surface area (Å²) in [6.45, 7) is 0.743. The Morgan fingerprint density at radius 3 is 3.13 bits per heavy atom. The van der Waals surface area contributed by atoms with Gasteiger partial charge in [0, 0.05) is 23.6 Å². The summed E-state index contributed by atoms with van der Waals surface area (Å²) >= 11 is 0. The van der Waals surface area contributed by atoms with Crippen molar-refractivity contribution < 1.29 is 14.2 Å². The standard InChI is InChI=1S/C18H14N2O3/c21-14-1-4-18-11-20(22)9-13-10-23-6-3-12(13)7-16(20)15(18)2-5-19-17(18)8-14/h1-7,9H,8,10-11H2. The van der Waals surface area contributed by atoms with Gasteiger partial charge in [-0.05, 0) is 23.8 Å². The molecule has 0 fully saturated rings. The van der Waals surface area contributed by atoms with Gasteiger partial charge in [0.15, 0.2) is 5.78 Å². The molecule has 5 rings (SSSR count). The fourth-order valence-corrected chi connectivity index (χ4v) is 4.08. The van der Waals surface area contributed by atoms with Crippen molar-refractivity contribution in [1.82, 2.24) is 0 Å². The van der Waals surface area contributed by atoms with Gasteiger partial charge in [-0.2, -0.15) is 0 Å². The maximum atomic E-state index is 13.5. The first kappa shape index (κ1) is 13.0. The third kappa shape index (κ3) is 1.58. The van der Waals surface area contributed by atoms with E-state index in [1.807, 2.05) is 24.3 Å². The predicted molar refractivity (Wildman–Crippen MR) is 84.6 cm³/mol. The highest BCUT2D eigenvalue weighted by Crippen LogP contribution is 2.52. The van der Waals surface area contributed by atoms with Crippen molar-refractivity contribution in [3.8, 4) is 0 Å². The minimum absolute atomic E-state index is 0.0399. The van der Waals surface area contributed by atoms with E-state index in [-0.39, 0.29) is 12.2 Å². The number of carbonyl (C=O) groups is 1. The zero-order chi connectivity index (χ0) is 15.7. The van der Waals surface area contributed by atoms with Crippen molar-refractivity contribution in [2.24, 2.45) is 10.4 Å². The van der Waals surface area contributed by atoms with Crippen molar-refractivity contribution in [1.29, 1.82) is 0 Å². The summed E-state index contributed by atoms with van der Waals surface area (Å²) in [4.78, 5) is 16.2. The van der Waals surface area contributed by atoms with Gasteiger partial charge in [0.1, 0.15) is 30.5 Å². The van der Waals surface area contributed by atoms with Gasteiger partial charge in [-0.15, -0.1) is 0 Å². The molecule has 5 heteroatoms. The van der Waals surface area contributed by atoms with Crippen molar-refractivity contribution in [3.63, 3.8) is 0 Å². The first-order valence-electron chi connectivity index (χ1n) is 7.63. The van der Waals surface area contributed by atoms with E-state index in [9.17, 15) is 10.0 Å². The number of carbonyl (C=O) groups excluding carboxylic acids is 1. The van der Waals surface area contributed by atoms with Crippen molar-refractivity contribution >= 4 is 11.5 Å². The van der Waals surface area contributed by atoms with E-state index < -0.39 is 10.1 Å². The molecule has 0 saturated heterocycles. The number of nitrogens with zero attached hydrogens (tertiary/aromatic N) is 2. The molecule has 2 unspecified atom stereocenters. The summed E-state index contributed by atoms with van der Waals surface area (Å²) in [6, 6.07) is 0. The number of rotatable bonds is 0. The molecule has 23 heavy (non-hydrogen) atoms. The second-order valence-electron chi connectivity index (χ2n) is 6.46. The minimum Gasteiger partial charge on any atom is -0.622 e. The molecule has 0 aromatic rings. The van der Waals surface area contributed by atoms with Gasteiger partial charge < -0.3 is 14.6 Å². The van der Waals surface area contributed by atoms with Gasteiger partial charge in [0.05, 0.1) is 18.3 Å². The van der Waals surface area contributed by atoms with Crippen LogP contribution in [0.4, 0.5) is 0 Å². The smallest absolute Gasteiger partial charge is 0.161 e. The summed E-state index contributed by atoms with van der Waals surface area (Å²) in [5.41, 5.74) is 3.87. The van der Waals surface area contributed by atoms with E-state index >= 15 is 0 Å². The number of ketones is 1. The zero-order valence-electron chi connectivity index (χ0n) is 12.4. The third-order valence-corrected chi connectivity index (χ3v) is 5.14. The van der Waals surface area contributed by atoms with Crippen LogP contribution < -0.4 is 0 Å². The molecule has 0 amide bonds. The van der Waals surface area contributed by atoms with Crippen LogP contribution in [0.15, 0.2) is 76.5 Å². The average Bonchev–Trinajstić information content (AvgIpc) is 2.79. The number of allylic oxidation sites excluding steroid dienone is 4. The van der Waals surface area contributed by atoms with E-state index in [0.717, 1.165) is 28.1 Å². The molecule has 4 aliphatic heterocycles. The van der Waals surface area contributed by atoms with Crippen LogP contribution in [0.3, 0.4) is 0 Å². The van der Waals surface area contributed by atoms with E-state index in [0.29, 0.717) is 13.2 Å². The molecule has 0 radical (unpaired) electrons. The number of aliphatic imine (C=N–C) groups is 1. The highest BCUT2D eigenvalue weighted by atomic mass is 16.5. The van der Waals surface area contributed by atoms with E-state index in [4.69, 9.17) is 4.74 Å². The van der Waals surface area contributed by atoms with Gasteiger partial charge in [-0.3, -0.25) is 9.79 Å². The Morgan fingerprint density at radius 1 is 1.30 bits per heavy atom. The molecular formula is C18H14N2O3. The van der Waals surface area contributed by atoms with Gasteiger partial charge in [0.2, 0.25) is 0 Å². The zero-order valence-corrected chi connectivity index (χ0v) is 12.4. The fourth-order valence-electron chi connectivity index (χ4n) is 4.08. The number of hydrogen-bond donors (Lipinski definition) is 0. The van der Waals surface area contributed by atoms with Crippen LogP contribution in [0.1, 0.15) is 6.42 Å². The Labute approximate surface area is 133 Å². The Bertz CT molecular complexity index is 869. The molecule has 5 aliphatic rings. The summed E-state index contributed by atoms with van der Waals surface area (Å²) in [5.74, 6) is 0.0399. The molecule has 0 saturated carbocycles. The quantitative estimate of drug-likeness (QED) is 0.510. The van der Waals surface area contributed by atoms with Crippen LogP contribution in [-0.4, -0.2) is 29.3 Å². The van der Waals surface area contributed by atoms with E-state index in [2.05, 4.69) is 4.99 Å². The fraction of sp³-hybridized carbons (Fsp3) is 0.222. The van der Waals surface area contributed by atoms with Crippen LogP contribution in [0, 0.1) is 10.6 Å². The lowest BCUT2D eigenvalue weighted by Crippen LogP contribution is -2.44. The van der Waals surface area contributed by atoms with Crippen molar-refractivity contribution in [2.45, 2.75) is 6.42 Å². The third-order valence-electron chi connectivity index (χ3n) is 5.14.